The Morgan fingerprint density at radius 2 is 2.18 bits per heavy atom. The van der Waals surface area contributed by atoms with E-state index in [2.05, 4.69) is 15.0 Å². The first-order chi connectivity index (χ1) is 8.13. The van der Waals surface area contributed by atoms with Crippen LogP contribution < -0.4 is 5.69 Å². The minimum absolute atomic E-state index is 0.252. The van der Waals surface area contributed by atoms with E-state index in [9.17, 15) is 9.59 Å². The molecule has 0 bridgehead atoms. The summed E-state index contributed by atoms with van der Waals surface area (Å²) in [6, 6.07) is 3.59. The van der Waals surface area contributed by atoms with E-state index in [0.717, 1.165) is 5.56 Å². The molecule has 0 saturated heterocycles. The molecule has 5 heteroatoms. The molecule has 0 aliphatic rings. The summed E-state index contributed by atoms with van der Waals surface area (Å²) >= 11 is 0. The summed E-state index contributed by atoms with van der Waals surface area (Å²) in [6.07, 6.45) is 2.16. The first-order valence-electron chi connectivity index (χ1n) is 5.41. The third-order valence-electron chi connectivity index (χ3n) is 2.61. The third-order valence-corrected chi connectivity index (χ3v) is 2.61. The summed E-state index contributed by atoms with van der Waals surface area (Å²) in [4.78, 5) is 32.6. The van der Waals surface area contributed by atoms with Crippen LogP contribution in [0.25, 0.3) is 0 Å². The maximum absolute atomic E-state index is 12.2. The van der Waals surface area contributed by atoms with Crippen molar-refractivity contribution in [2.75, 3.05) is 0 Å². The van der Waals surface area contributed by atoms with E-state index in [4.69, 9.17) is 0 Å². The Kier molecular flexibility index (Phi) is 2.91. The van der Waals surface area contributed by atoms with Crippen LogP contribution in [-0.2, 0) is 6.42 Å². The van der Waals surface area contributed by atoms with Crippen LogP contribution in [0.2, 0.25) is 0 Å². The van der Waals surface area contributed by atoms with Gasteiger partial charge in [-0.2, -0.15) is 0 Å². The average molecular weight is 231 g/mol. The fraction of sp³-hybridized carbons (Fsp3) is 0.250. The molecule has 0 aromatic carbocycles. The van der Waals surface area contributed by atoms with Gasteiger partial charge in [-0.05, 0) is 25.0 Å². The molecule has 2 aromatic heterocycles. The average Bonchev–Trinajstić information content (AvgIpc) is 2.70. The minimum Gasteiger partial charge on any atom is -0.309 e. The Hall–Kier alpha value is -2.17. The summed E-state index contributed by atoms with van der Waals surface area (Å²) in [5, 5.41) is 0. The first-order valence-corrected chi connectivity index (χ1v) is 5.41. The molecule has 0 amide bonds. The van der Waals surface area contributed by atoms with Crippen LogP contribution in [0, 0.1) is 6.92 Å². The highest BCUT2D eigenvalue weighted by Gasteiger charge is 2.18. The molecule has 0 unspecified atom stereocenters. The van der Waals surface area contributed by atoms with Crippen molar-refractivity contribution >= 4 is 5.78 Å². The zero-order valence-corrected chi connectivity index (χ0v) is 9.70. The minimum atomic E-state index is -0.362. The molecular formula is C12H13N3O2. The van der Waals surface area contributed by atoms with Gasteiger partial charge in [0.25, 0.3) is 0 Å². The molecule has 0 atom stereocenters. The molecule has 2 aromatic rings. The number of H-pyrrole nitrogens is 2. The van der Waals surface area contributed by atoms with E-state index in [1.807, 2.05) is 19.9 Å². The van der Waals surface area contributed by atoms with Crippen molar-refractivity contribution in [1.29, 1.82) is 0 Å². The maximum Gasteiger partial charge on any atom is 0.323 e. The fourth-order valence-electron chi connectivity index (χ4n) is 1.72. The number of ketones is 1. The van der Waals surface area contributed by atoms with E-state index in [0.29, 0.717) is 23.5 Å². The highest BCUT2D eigenvalue weighted by molar-refractivity contribution is 6.07. The van der Waals surface area contributed by atoms with Crippen molar-refractivity contribution in [2.24, 2.45) is 0 Å². The number of hydrogen-bond acceptors (Lipinski definition) is 3. The van der Waals surface area contributed by atoms with Crippen molar-refractivity contribution in [2.45, 2.75) is 20.3 Å². The van der Waals surface area contributed by atoms with Gasteiger partial charge in [0.15, 0.2) is 0 Å². The lowest BCUT2D eigenvalue weighted by molar-refractivity contribution is 0.102. The molecule has 17 heavy (non-hydrogen) atoms. The number of nitrogens with one attached hydrogen (secondary N) is 2. The Bertz CT molecular complexity index is 610. The highest BCUT2D eigenvalue weighted by atomic mass is 16.1. The van der Waals surface area contributed by atoms with Gasteiger partial charge in [0, 0.05) is 11.9 Å². The van der Waals surface area contributed by atoms with Crippen LogP contribution in [0.15, 0.2) is 23.1 Å². The van der Waals surface area contributed by atoms with Crippen LogP contribution in [0.4, 0.5) is 0 Å². The van der Waals surface area contributed by atoms with Gasteiger partial charge < -0.3 is 9.97 Å². The molecule has 0 radical (unpaired) electrons. The second-order valence-electron chi connectivity index (χ2n) is 3.78. The van der Waals surface area contributed by atoms with E-state index < -0.39 is 0 Å². The van der Waals surface area contributed by atoms with Crippen molar-refractivity contribution in [3.63, 3.8) is 0 Å². The molecule has 2 heterocycles. The molecule has 2 rings (SSSR count). The molecule has 0 aliphatic heterocycles. The Morgan fingerprint density at radius 3 is 2.82 bits per heavy atom. The molecule has 0 saturated carbocycles. The normalized spacial score (nSPS) is 10.5. The first kappa shape index (κ1) is 11.3. The summed E-state index contributed by atoms with van der Waals surface area (Å²) in [7, 11) is 0. The van der Waals surface area contributed by atoms with Gasteiger partial charge in [0.1, 0.15) is 11.4 Å². The van der Waals surface area contributed by atoms with Crippen LogP contribution in [0.3, 0.4) is 0 Å². The van der Waals surface area contributed by atoms with Crippen molar-refractivity contribution in [3.05, 3.63) is 51.5 Å². The molecule has 5 nitrogen and oxygen atoms in total. The molecule has 0 aliphatic carbocycles. The van der Waals surface area contributed by atoms with Crippen molar-refractivity contribution in [1.82, 2.24) is 15.0 Å². The van der Waals surface area contributed by atoms with Crippen LogP contribution in [0.5, 0.6) is 0 Å². The van der Waals surface area contributed by atoms with Crippen LogP contribution in [-0.4, -0.2) is 20.7 Å². The summed E-state index contributed by atoms with van der Waals surface area (Å²) < 4.78 is 0. The number of nitrogens with zero attached hydrogens (tertiary/aromatic N) is 1. The Balaban J connectivity index is 2.51. The van der Waals surface area contributed by atoms with Gasteiger partial charge in [-0.1, -0.05) is 13.0 Å². The summed E-state index contributed by atoms with van der Waals surface area (Å²) in [5.74, 6) is -0.252. The topological polar surface area (TPSA) is 78.6 Å². The number of aryl methyl sites for hydroxylation is 2. The van der Waals surface area contributed by atoms with Gasteiger partial charge >= 0.3 is 5.69 Å². The number of pyridine rings is 1. The number of hydrogen-bond donors (Lipinski definition) is 2. The number of carbonyl (C=O) groups excluding carboxylic acids is 1. The summed E-state index contributed by atoms with van der Waals surface area (Å²) in [5.41, 5.74) is 1.72. The fourth-order valence-corrected chi connectivity index (χ4v) is 1.72. The third kappa shape index (κ3) is 2.04. The maximum atomic E-state index is 12.2. The van der Waals surface area contributed by atoms with Crippen LogP contribution >= 0.6 is 0 Å². The number of aromatic amines is 2. The second-order valence-corrected chi connectivity index (χ2v) is 3.78. The standard InChI is InChI=1S/C12H13N3O2/c1-3-8-10(15-12(17)14-8)11(16)9-7(2)5-4-6-13-9/h4-6H,3H2,1-2H3,(H2,14,15,17). The molecule has 0 fully saturated rings. The highest BCUT2D eigenvalue weighted by Crippen LogP contribution is 2.11. The lowest BCUT2D eigenvalue weighted by Crippen LogP contribution is -2.10. The van der Waals surface area contributed by atoms with Gasteiger partial charge in [0.2, 0.25) is 5.78 Å². The van der Waals surface area contributed by atoms with Crippen molar-refractivity contribution < 1.29 is 4.79 Å². The lowest BCUT2D eigenvalue weighted by atomic mass is 10.1. The largest absolute Gasteiger partial charge is 0.323 e. The van der Waals surface area contributed by atoms with Gasteiger partial charge in [-0.3, -0.25) is 9.78 Å². The smallest absolute Gasteiger partial charge is 0.309 e. The molecule has 0 spiro atoms. The SMILES string of the molecule is CCc1[nH]c(=O)[nH]c1C(=O)c1ncccc1C. The monoisotopic (exact) mass is 231 g/mol. The number of rotatable bonds is 3. The number of carbonyl (C=O) groups is 1. The van der Waals surface area contributed by atoms with Crippen LogP contribution in [0.1, 0.15) is 34.4 Å². The van der Waals surface area contributed by atoms with E-state index in [-0.39, 0.29) is 11.5 Å². The van der Waals surface area contributed by atoms with E-state index in [1.54, 1.807) is 12.3 Å². The Labute approximate surface area is 97.9 Å². The number of aromatic nitrogens is 3. The molecule has 88 valence electrons. The predicted molar refractivity (Wildman–Crippen MR) is 63.2 cm³/mol. The van der Waals surface area contributed by atoms with E-state index in [1.165, 1.54) is 0 Å². The second kappa shape index (κ2) is 4.37. The zero-order chi connectivity index (χ0) is 12.4. The molecular weight excluding hydrogens is 218 g/mol. The van der Waals surface area contributed by atoms with Gasteiger partial charge in [-0.15, -0.1) is 0 Å². The lowest BCUT2D eigenvalue weighted by Gasteiger charge is -2.02. The number of imidazole rings is 1. The van der Waals surface area contributed by atoms with Crippen molar-refractivity contribution in [3.8, 4) is 0 Å². The molecule has 2 N–H and O–H groups in total. The van der Waals surface area contributed by atoms with E-state index >= 15 is 0 Å². The van der Waals surface area contributed by atoms with Gasteiger partial charge in [0.05, 0.1) is 0 Å². The summed E-state index contributed by atoms with van der Waals surface area (Å²) in [6.45, 7) is 3.69. The van der Waals surface area contributed by atoms with Gasteiger partial charge in [-0.25, -0.2) is 4.79 Å². The zero-order valence-electron chi connectivity index (χ0n) is 9.70. The predicted octanol–water partition coefficient (Wildman–Crippen LogP) is 1.20. The quantitative estimate of drug-likeness (QED) is 0.779. The Morgan fingerprint density at radius 1 is 1.41 bits per heavy atom.